The van der Waals surface area contributed by atoms with Crippen LogP contribution in [0.4, 0.5) is 8.78 Å². The van der Waals surface area contributed by atoms with Gasteiger partial charge in [0.2, 0.25) is 5.82 Å². The Morgan fingerprint density at radius 1 is 0.462 bits per heavy atom. The summed E-state index contributed by atoms with van der Waals surface area (Å²) in [6.45, 7) is 5.48. The molecule has 3 rings (SSSR count). The Labute approximate surface area is 234 Å². The van der Waals surface area contributed by atoms with Gasteiger partial charge in [0.25, 0.3) is 0 Å². The lowest BCUT2D eigenvalue weighted by Gasteiger charge is -2.11. The Hall–Kier alpha value is -2.88. The molecule has 0 bridgehead atoms. The highest BCUT2D eigenvalue weighted by atomic mass is 19.2. The van der Waals surface area contributed by atoms with E-state index in [0.717, 1.165) is 49.2 Å². The van der Waals surface area contributed by atoms with E-state index in [0.29, 0.717) is 12.2 Å². The standard InChI is InChI=1S/C35H46F2O2/c1-3-5-7-8-9-10-11-12-13-15-26-38-31-22-20-29(21-23-31)28-16-18-30(19-17-28)32-24-25-33(35(37)34(32)36)39-27-14-6-4-2/h16-25H,3-15,26-27H2,1-2H3. The second kappa shape index (κ2) is 17.7. The van der Waals surface area contributed by atoms with Crippen molar-refractivity contribution < 1.29 is 18.3 Å². The maximum atomic E-state index is 14.8. The zero-order valence-corrected chi connectivity index (χ0v) is 24.0. The third kappa shape index (κ3) is 10.3. The second-order valence-electron chi connectivity index (χ2n) is 10.4. The van der Waals surface area contributed by atoms with E-state index in [1.165, 1.54) is 63.9 Å². The Balaban J connectivity index is 1.43. The van der Waals surface area contributed by atoms with E-state index >= 15 is 0 Å². The fourth-order valence-corrected chi connectivity index (χ4v) is 4.77. The summed E-state index contributed by atoms with van der Waals surface area (Å²) in [5.74, 6) is -0.957. The van der Waals surface area contributed by atoms with E-state index in [1.54, 1.807) is 6.07 Å². The van der Waals surface area contributed by atoms with Crippen molar-refractivity contribution in [2.45, 2.75) is 97.3 Å². The van der Waals surface area contributed by atoms with E-state index in [1.807, 2.05) is 48.5 Å². The fourth-order valence-electron chi connectivity index (χ4n) is 4.77. The lowest BCUT2D eigenvalue weighted by atomic mass is 9.99. The highest BCUT2D eigenvalue weighted by molar-refractivity contribution is 5.71. The Kier molecular flexibility index (Phi) is 13.9. The van der Waals surface area contributed by atoms with E-state index in [4.69, 9.17) is 9.47 Å². The third-order valence-corrected chi connectivity index (χ3v) is 7.20. The highest BCUT2D eigenvalue weighted by Gasteiger charge is 2.16. The van der Waals surface area contributed by atoms with Crippen molar-refractivity contribution in [3.63, 3.8) is 0 Å². The van der Waals surface area contributed by atoms with Crippen LogP contribution in [0, 0.1) is 11.6 Å². The van der Waals surface area contributed by atoms with Gasteiger partial charge < -0.3 is 9.47 Å². The van der Waals surface area contributed by atoms with E-state index in [9.17, 15) is 8.78 Å². The predicted octanol–water partition coefficient (Wildman–Crippen LogP) is 11.2. The van der Waals surface area contributed by atoms with Gasteiger partial charge in [0.15, 0.2) is 11.6 Å². The minimum absolute atomic E-state index is 0.0283. The molecule has 0 radical (unpaired) electrons. The first-order valence-corrected chi connectivity index (χ1v) is 15.1. The number of benzene rings is 3. The molecule has 0 aliphatic heterocycles. The van der Waals surface area contributed by atoms with Crippen LogP contribution in [0.2, 0.25) is 0 Å². The maximum absolute atomic E-state index is 14.8. The van der Waals surface area contributed by atoms with Crippen LogP contribution in [0.3, 0.4) is 0 Å². The minimum Gasteiger partial charge on any atom is -0.494 e. The molecule has 3 aromatic rings. The van der Waals surface area contributed by atoms with Crippen LogP contribution >= 0.6 is 0 Å². The van der Waals surface area contributed by atoms with Crippen molar-refractivity contribution in [1.29, 1.82) is 0 Å². The first kappa shape index (κ1) is 30.7. The summed E-state index contributed by atoms with van der Waals surface area (Å²) in [5.41, 5.74) is 2.92. The molecule has 0 unspecified atom stereocenters. The number of halogens is 2. The molecule has 0 aromatic heterocycles. The zero-order valence-electron chi connectivity index (χ0n) is 24.0. The van der Waals surface area contributed by atoms with Gasteiger partial charge >= 0.3 is 0 Å². The molecular formula is C35H46F2O2. The van der Waals surface area contributed by atoms with E-state index in [-0.39, 0.29) is 11.3 Å². The van der Waals surface area contributed by atoms with Gasteiger partial charge in [-0.15, -0.1) is 0 Å². The summed E-state index contributed by atoms with van der Waals surface area (Å²) in [5, 5.41) is 0. The molecule has 0 N–H and O–H groups in total. The van der Waals surface area contributed by atoms with Crippen molar-refractivity contribution >= 4 is 0 Å². The fraction of sp³-hybridized carbons (Fsp3) is 0.486. The van der Waals surface area contributed by atoms with Crippen molar-refractivity contribution in [1.82, 2.24) is 0 Å². The summed E-state index contributed by atoms with van der Waals surface area (Å²) in [6.07, 6.45) is 16.0. The number of rotatable bonds is 19. The van der Waals surface area contributed by atoms with Gasteiger partial charge in [-0.25, -0.2) is 4.39 Å². The van der Waals surface area contributed by atoms with E-state index < -0.39 is 11.6 Å². The largest absolute Gasteiger partial charge is 0.494 e. The van der Waals surface area contributed by atoms with Crippen LogP contribution in [-0.2, 0) is 0 Å². The van der Waals surface area contributed by atoms with Gasteiger partial charge in [-0.2, -0.15) is 4.39 Å². The van der Waals surface area contributed by atoms with Crippen LogP contribution < -0.4 is 9.47 Å². The molecule has 39 heavy (non-hydrogen) atoms. The molecule has 0 fully saturated rings. The topological polar surface area (TPSA) is 18.5 Å². The van der Waals surface area contributed by atoms with Crippen molar-refractivity contribution in [2.24, 2.45) is 0 Å². The molecule has 0 aliphatic rings. The zero-order chi connectivity index (χ0) is 27.7. The van der Waals surface area contributed by atoms with Gasteiger partial charge in [-0.1, -0.05) is 121 Å². The Bertz CT molecular complexity index is 1080. The van der Waals surface area contributed by atoms with Gasteiger partial charge in [0.05, 0.1) is 13.2 Å². The first-order valence-electron chi connectivity index (χ1n) is 15.1. The summed E-state index contributed by atoms with van der Waals surface area (Å²) in [7, 11) is 0. The second-order valence-corrected chi connectivity index (χ2v) is 10.4. The van der Waals surface area contributed by atoms with Crippen LogP contribution in [-0.4, -0.2) is 13.2 Å². The Morgan fingerprint density at radius 2 is 0.923 bits per heavy atom. The normalized spacial score (nSPS) is 11.1. The van der Waals surface area contributed by atoms with Crippen molar-refractivity contribution in [3.8, 4) is 33.8 Å². The molecular weight excluding hydrogens is 490 g/mol. The average molecular weight is 537 g/mol. The van der Waals surface area contributed by atoms with Crippen LogP contribution in [0.25, 0.3) is 22.3 Å². The predicted molar refractivity (Wildman–Crippen MR) is 160 cm³/mol. The monoisotopic (exact) mass is 536 g/mol. The van der Waals surface area contributed by atoms with Gasteiger partial charge in [0, 0.05) is 5.56 Å². The number of hydrogen-bond acceptors (Lipinski definition) is 2. The molecule has 0 saturated heterocycles. The quantitative estimate of drug-likeness (QED) is 0.142. The van der Waals surface area contributed by atoms with Gasteiger partial charge in [-0.05, 0) is 53.8 Å². The summed E-state index contributed by atoms with van der Waals surface area (Å²) in [4.78, 5) is 0. The maximum Gasteiger partial charge on any atom is 0.201 e. The number of ether oxygens (including phenoxy) is 2. The van der Waals surface area contributed by atoms with Gasteiger partial charge in [-0.3, -0.25) is 0 Å². The molecule has 4 heteroatoms. The third-order valence-electron chi connectivity index (χ3n) is 7.20. The molecule has 0 saturated carbocycles. The average Bonchev–Trinajstić information content (AvgIpc) is 2.97. The molecule has 0 aliphatic carbocycles. The van der Waals surface area contributed by atoms with Gasteiger partial charge in [0.1, 0.15) is 5.75 Å². The molecule has 0 heterocycles. The Morgan fingerprint density at radius 3 is 1.54 bits per heavy atom. The number of hydrogen-bond donors (Lipinski definition) is 0. The van der Waals surface area contributed by atoms with Crippen LogP contribution in [0.1, 0.15) is 97.3 Å². The van der Waals surface area contributed by atoms with Crippen LogP contribution in [0.5, 0.6) is 11.5 Å². The molecule has 3 aromatic carbocycles. The van der Waals surface area contributed by atoms with Crippen molar-refractivity contribution in [3.05, 3.63) is 72.3 Å². The van der Waals surface area contributed by atoms with E-state index in [2.05, 4.69) is 13.8 Å². The molecule has 0 atom stereocenters. The minimum atomic E-state index is -0.929. The van der Waals surface area contributed by atoms with Crippen molar-refractivity contribution in [2.75, 3.05) is 13.2 Å². The summed E-state index contributed by atoms with van der Waals surface area (Å²) in [6, 6.07) is 18.7. The molecule has 0 amide bonds. The van der Waals surface area contributed by atoms with Crippen LogP contribution in [0.15, 0.2) is 60.7 Å². The molecule has 2 nitrogen and oxygen atoms in total. The SMILES string of the molecule is CCCCCCCCCCCCOc1ccc(-c2ccc(-c3ccc(OCCCCC)c(F)c3F)cc2)cc1. The summed E-state index contributed by atoms with van der Waals surface area (Å²) >= 11 is 0. The lowest BCUT2D eigenvalue weighted by molar-refractivity contribution is 0.286. The summed E-state index contributed by atoms with van der Waals surface area (Å²) < 4.78 is 40.7. The molecule has 0 spiro atoms. The highest BCUT2D eigenvalue weighted by Crippen LogP contribution is 2.32. The first-order chi connectivity index (χ1) is 19.1. The lowest BCUT2D eigenvalue weighted by Crippen LogP contribution is -2.01. The number of unbranched alkanes of at least 4 members (excludes halogenated alkanes) is 11. The smallest absolute Gasteiger partial charge is 0.201 e. The molecule has 212 valence electrons.